The zero-order valence-electron chi connectivity index (χ0n) is 10.7. The number of nitrogens with zero attached hydrogens (tertiary/aromatic N) is 2. The maximum atomic E-state index is 12.2. The highest BCUT2D eigenvalue weighted by molar-refractivity contribution is 7.23. The third kappa shape index (κ3) is 2.29. The van der Waals surface area contributed by atoms with Gasteiger partial charge in [-0.25, -0.2) is 0 Å². The number of thiophene rings is 1. The molecule has 5 heteroatoms. The van der Waals surface area contributed by atoms with Crippen LogP contribution in [-0.4, -0.2) is 17.4 Å². The van der Waals surface area contributed by atoms with Gasteiger partial charge in [-0.2, -0.15) is 0 Å². The molecule has 0 unspecified atom stereocenters. The Kier molecular flexibility index (Phi) is 3.45. The van der Waals surface area contributed by atoms with Crippen LogP contribution in [0, 0.1) is 0 Å². The number of carbonyl (C=O) groups excluding carboxylic acids is 1. The van der Waals surface area contributed by atoms with E-state index in [9.17, 15) is 4.79 Å². The molecule has 3 aromatic rings. The molecule has 0 spiro atoms. The van der Waals surface area contributed by atoms with E-state index in [-0.39, 0.29) is 12.5 Å². The second-order valence-electron chi connectivity index (χ2n) is 4.26. The molecule has 0 radical (unpaired) electrons. The number of hydrogen-bond donors (Lipinski definition) is 1. The van der Waals surface area contributed by atoms with Crippen LogP contribution in [-0.2, 0) is 4.79 Å². The number of anilines is 2. The van der Waals surface area contributed by atoms with Crippen molar-refractivity contribution in [3.8, 4) is 0 Å². The molecule has 2 aromatic heterocycles. The van der Waals surface area contributed by atoms with E-state index in [1.54, 1.807) is 40.8 Å². The summed E-state index contributed by atoms with van der Waals surface area (Å²) in [5.74, 6) is -0.136. The molecule has 1 aromatic carbocycles. The summed E-state index contributed by atoms with van der Waals surface area (Å²) in [5, 5.41) is 1.99. The normalized spacial score (nSPS) is 10.7. The number of carbonyl (C=O) groups is 1. The van der Waals surface area contributed by atoms with Gasteiger partial charge in [-0.05, 0) is 29.7 Å². The summed E-state index contributed by atoms with van der Waals surface area (Å²) in [5.41, 5.74) is 6.32. The lowest BCUT2D eigenvalue weighted by atomic mass is 10.2. The number of rotatable bonds is 3. The minimum atomic E-state index is -0.136. The van der Waals surface area contributed by atoms with Crippen molar-refractivity contribution in [3.05, 3.63) is 54.9 Å². The smallest absolute Gasteiger partial charge is 0.245 e. The van der Waals surface area contributed by atoms with Crippen molar-refractivity contribution in [2.24, 2.45) is 5.73 Å². The van der Waals surface area contributed by atoms with Crippen molar-refractivity contribution in [2.75, 3.05) is 11.4 Å². The van der Waals surface area contributed by atoms with Gasteiger partial charge in [0, 0.05) is 17.1 Å². The van der Waals surface area contributed by atoms with Crippen LogP contribution in [0.4, 0.5) is 10.7 Å². The van der Waals surface area contributed by atoms with Gasteiger partial charge in [-0.15, -0.1) is 11.3 Å². The van der Waals surface area contributed by atoms with Crippen LogP contribution in [0.2, 0.25) is 0 Å². The largest absolute Gasteiger partial charge is 0.322 e. The summed E-state index contributed by atoms with van der Waals surface area (Å²) in [6.45, 7) is -0.0312. The van der Waals surface area contributed by atoms with Gasteiger partial charge in [0.05, 0.1) is 12.2 Å². The van der Waals surface area contributed by atoms with E-state index in [4.69, 9.17) is 5.73 Å². The number of hydrogen-bond acceptors (Lipinski definition) is 4. The van der Waals surface area contributed by atoms with Gasteiger partial charge < -0.3 is 5.73 Å². The number of nitrogens with two attached hydrogens (primary N) is 1. The zero-order valence-corrected chi connectivity index (χ0v) is 11.5. The summed E-state index contributed by atoms with van der Waals surface area (Å²) < 4.78 is 1.14. The van der Waals surface area contributed by atoms with Gasteiger partial charge in [-0.3, -0.25) is 14.7 Å². The molecule has 0 bridgehead atoms. The number of fused-ring (bicyclic) bond motifs is 1. The van der Waals surface area contributed by atoms with Crippen LogP contribution < -0.4 is 10.6 Å². The maximum Gasteiger partial charge on any atom is 0.245 e. The van der Waals surface area contributed by atoms with Crippen molar-refractivity contribution in [2.45, 2.75) is 0 Å². The summed E-state index contributed by atoms with van der Waals surface area (Å²) in [6, 6.07) is 13.7. The highest BCUT2D eigenvalue weighted by Crippen LogP contribution is 2.36. The number of amides is 1. The SMILES string of the molecule is NCC(=O)N(c1ccncc1)c1cc2ccccc2s1. The van der Waals surface area contributed by atoms with Crippen molar-refractivity contribution in [3.63, 3.8) is 0 Å². The lowest BCUT2D eigenvalue weighted by Gasteiger charge is -2.19. The average Bonchev–Trinajstić information content (AvgIpc) is 2.91. The minimum Gasteiger partial charge on any atom is -0.322 e. The van der Waals surface area contributed by atoms with Crippen molar-refractivity contribution in [1.29, 1.82) is 0 Å². The highest BCUT2D eigenvalue weighted by atomic mass is 32.1. The molecule has 2 N–H and O–H groups in total. The van der Waals surface area contributed by atoms with Crippen LogP contribution in [0.25, 0.3) is 10.1 Å². The third-order valence-corrected chi connectivity index (χ3v) is 4.08. The molecule has 0 fully saturated rings. The molecule has 100 valence electrons. The third-order valence-electron chi connectivity index (χ3n) is 2.98. The van der Waals surface area contributed by atoms with Crippen LogP contribution in [0.5, 0.6) is 0 Å². The average molecular weight is 283 g/mol. The fraction of sp³-hybridized carbons (Fsp3) is 0.0667. The van der Waals surface area contributed by atoms with E-state index in [1.807, 2.05) is 30.3 Å². The molecular formula is C15H13N3OS. The van der Waals surface area contributed by atoms with Crippen LogP contribution in [0.1, 0.15) is 0 Å². The van der Waals surface area contributed by atoms with E-state index in [0.29, 0.717) is 0 Å². The molecule has 0 aliphatic carbocycles. The summed E-state index contributed by atoms with van der Waals surface area (Å²) >= 11 is 1.57. The van der Waals surface area contributed by atoms with Crippen molar-refractivity contribution in [1.82, 2.24) is 4.98 Å². The molecule has 0 saturated heterocycles. The standard InChI is InChI=1S/C15H13N3OS/c16-10-14(19)18(12-5-7-17-8-6-12)15-9-11-3-1-2-4-13(11)20-15/h1-9H,10,16H2. The molecule has 0 atom stereocenters. The molecule has 0 saturated carbocycles. The molecule has 2 heterocycles. The van der Waals surface area contributed by atoms with Gasteiger partial charge in [0.25, 0.3) is 0 Å². The van der Waals surface area contributed by atoms with E-state index in [0.717, 1.165) is 20.8 Å². The Morgan fingerprint density at radius 3 is 2.65 bits per heavy atom. The van der Waals surface area contributed by atoms with Crippen LogP contribution >= 0.6 is 11.3 Å². The molecule has 3 rings (SSSR count). The first kappa shape index (κ1) is 12.8. The predicted octanol–water partition coefficient (Wildman–Crippen LogP) is 2.92. The fourth-order valence-corrected chi connectivity index (χ4v) is 3.16. The van der Waals surface area contributed by atoms with E-state index in [2.05, 4.69) is 4.98 Å². The fourth-order valence-electron chi connectivity index (χ4n) is 2.06. The Balaban J connectivity index is 2.12. The van der Waals surface area contributed by atoms with Gasteiger partial charge in [0.2, 0.25) is 5.91 Å². The van der Waals surface area contributed by atoms with Gasteiger partial charge in [-0.1, -0.05) is 18.2 Å². The number of aromatic nitrogens is 1. The second-order valence-corrected chi connectivity index (χ2v) is 5.32. The number of pyridine rings is 1. The lowest BCUT2D eigenvalue weighted by molar-refractivity contribution is -0.116. The van der Waals surface area contributed by atoms with Crippen molar-refractivity contribution < 1.29 is 4.79 Å². The van der Waals surface area contributed by atoms with E-state index >= 15 is 0 Å². The van der Waals surface area contributed by atoms with Crippen LogP contribution in [0.3, 0.4) is 0 Å². The van der Waals surface area contributed by atoms with E-state index in [1.165, 1.54) is 0 Å². The highest BCUT2D eigenvalue weighted by Gasteiger charge is 2.18. The molecule has 0 aliphatic heterocycles. The minimum absolute atomic E-state index is 0.0312. The summed E-state index contributed by atoms with van der Waals surface area (Å²) in [6.07, 6.45) is 3.33. The first-order chi connectivity index (χ1) is 9.79. The molecular weight excluding hydrogens is 270 g/mol. The van der Waals surface area contributed by atoms with Gasteiger partial charge in [0.1, 0.15) is 5.00 Å². The zero-order chi connectivity index (χ0) is 13.9. The first-order valence-corrected chi connectivity index (χ1v) is 7.03. The number of benzene rings is 1. The lowest BCUT2D eigenvalue weighted by Crippen LogP contribution is -2.31. The summed E-state index contributed by atoms with van der Waals surface area (Å²) in [7, 11) is 0. The monoisotopic (exact) mass is 283 g/mol. The first-order valence-electron chi connectivity index (χ1n) is 6.21. The topological polar surface area (TPSA) is 59.2 Å². The second kappa shape index (κ2) is 5.40. The Hall–Kier alpha value is -2.24. The Morgan fingerprint density at radius 1 is 1.20 bits per heavy atom. The molecule has 0 aliphatic rings. The molecule has 4 nitrogen and oxygen atoms in total. The predicted molar refractivity (Wildman–Crippen MR) is 82.3 cm³/mol. The van der Waals surface area contributed by atoms with Crippen LogP contribution in [0.15, 0.2) is 54.9 Å². The molecule has 1 amide bonds. The van der Waals surface area contributed by atoms with Gasteiger partial charge >= 0.3 is 0 Å². The quantitative estimate of drug-likeness (QED) is 0.804. The Morgan fingerprint density at radius 2 is 1.95 bits per heavy atom. The maximum absolute atomic E-state index is 12.2. The molecule has 20 heavy (non-hydrogen) atoms. The summed E-state index contributed by atoms with van der Waals surface area (Å²) in [4.78, 5) is 17.8. The Labute approximate surface area is 120 Å². The van der Waals surface area contributed by atoms with Crippen molar-refractivity contribution >= 4 is 38.0 Å². The van der Waals surface area contributed by atoms with Gasteiger partial charge in [0.15, 0.2) is 0 Å². The van der Waals surface area contributed by atoms with E-state index < -0.39 is 0 Å². The Bertz CT molecular complexity index is 706.